The van der Waals surface area contributed by atoms with Gasteiger partial charge in [0.2, 0.25) is 11.8 Å². The highest BCUT2D eigenvalue weighted by Gasteiger charge is 2.36. The van der Waals surface area contributed by atoms with Gasteiger partial charge in [-0.15, -0.1) is 0 Å². The number of nitrogens with one attached hydrogen (secondary N) is 1. The van der Waals surface area contributed by atoms with Crippen molar-refractivity contribution in [1.29, 1.82) is 0 Å². The molecule has 2 aromatic rings. The summed E-state index contributed by atoms with van der Waals surface area (Å²) < 4.78 is 16.7. The standard InChI is InChI=1S/C21H22N2O5/c1-2-26-17-6-4-3-5-16(17)23-13-14(11-20(23)24)21(25)22-15-7-8-18-19(12-15)28-10-9-27-18/h3-8,12,14H,2,9-11,13H2,1H3,(H,22,25)/t14-/m1/s1. The van der Waals surface area contributed by atoms with E-state index in [4.69, 9.17) is 14.2 Å². The van der Waals surface area contributed by atoms with Gasteiger partial charge in [-0.2, -0.15) is 0 Å². The highest BCUT2D eigenvalue weighted by Crippen LogP contribution is 2.35. The van der Waals surface area contributed by atoms with Crippen LogP contribution in [-0.4, -0.2) is 38.2 Å². The Morgan fingerprint density at radius 2 is 1.96 bits per heavy atom. The second-order valence-corrected chi connectivity index (χ2v) is 6.65. The van der Waals surface area contributed by atoms with Crippen molar-refractivity contribution in [2.24, 2.45) is 5.92 Å². The minimum absolute atomic E-state index is 0.0884. The number of fused-ring (bicyclic) bond motifs is 1. The summed E-state index contributed by atoms with van der Waals surface area (Å²) in [5, 5.41) is 2.88. The van der Waals surface area contributed by atoms with E-state index in [2.05, 4.69) is 5.32 Å². The van der Waals surface area contributed by atoms with Crippen molar-refractivity contribution < 1.29 is 23.8 Å². The summed E-state index contributed by atoms with van der Waals surface area (Å²) in [7, 11) is 0. The molecule has 0 spiro atoms. The molecule has 146 valence electrons. The van der Waals surface area contributed by atoms with Crippen LogP contribution in [0.15, 0.2) is 42.5 Å². The zero-order valence-corrected chi connectivity index (χ0v) is 15.6. The fraction of sp³-hybridized carbons (Fsp3) is 0.333. The molecule has 1 fully saturated rings. The van der Waals surface area contributed by atoms with Crippen molar-refractivity contribution in [3.8, 4) is 17.2 Å². The van der Waals surface area contributed by atoms with Crippen LogP contribution in [0.3, 0.4) is 0 Å². The van der Waals surface area contributed by atoms with Gasteiger partial charge in [-0.25, -0.2) is 0 Å². The summed E-state index contributed by atoms with van der Waals surface area (Å²) >= 11 is 0. The van der Waals surface area contributed by atoms with Gasteiger partial charge in [0.15, 0.2) is 11.5 Å². The van der Waals surface area contributed by atoms with Gasteiger partial charge in [0.05, 0.1) is 18.2 Å². The molecule has 1 saturated heterocycles. The van der Waals surface area contributed by atoms with E-state index in [1.807, 2.05) is 31.2 Å². The van der Waals surface area contributed by atoms with Gasteiger partial charge in [0.25, 0.3) is 0 Å². The SMILES string of the molecule is CCOc1ccccc1N1C[C@H](C(=O)Nc2ccc3c(c2)OCCO3)CC1=O. The van der Waals surface area contributed by atoms with E-state index < -0.39 is 5.92 Å². The van der Waals surface area contributed by atoms with Crippen molar-refractivity contribution in [2.45, 2.75) is 13.3 Å². The van der Waals surface area contributed by atoms with E-state index in [9.17, 15) is 9.59 Å². The number of hydrogen-bond acceptors (Lipinski definition) is 5. The van der Waals surface area contributed by atoms with E-state index in [-0.39, 0.29) is 18.2 Å². The molecule has 0 bridgehead atoms. The fourth-order valence-corrected chi connectivity index (χ4v) is 3.44. The largest absolute Gasteiger partial charge is 0.492 e. The lowest BCUT2D eigenvalue weighted by Crippen LogP contribution is -2.28. The molecule has 7 heteroatoms. The van der Waals surface area contributed by atoms with E-state index in [0.717, 1.165) is 0 Å². The van der Waals surface area contributed by atoms with Crippen LogP contribution in [0.5, 0.6) is 17.2 Å². The van der Waals surface area contributed by atoms with E-state index in [0.29, 0.717) is 55.0 Å². The first kappa shape index (κ1) is 18.2. The minimum atomic E-state index is -0.435. The molecule has 4 rings (SSSR count). The third-order valence-electron chi connectivity index (χ3n) is 4.76. The zero-order chi connectivity index (χ0) is 19.5. The number of anilines is 2. The quantitative estimate of drug-likeness (QED) is 0.861. The topological polar surface area (TPSA) is 77.1 Å². The summed E-state index contributed by atoms with van der Waals surface area (Å²) in [6.07, 6.45) is 0.164. The number of para-hydroxylation sites is 2. The molecule has 0 unspecified atom stereocenters. The summed E-state index contributed by atoms with van der Waals surface area (Å²) in [6.45, 7) is 3.72. The van der Waals surface area contributed by atoms with Gasteiger partial charge >= 0.3 is 0 Å². The molecule has 0 aliphatic carbocycles. The van der Waals surface area contributed by atoms with Crippen molar-refractivity contribution in [1.82, 2.24) is 0 Å². The number of ether oxygens (including phenoxy) is 3. The Bertz CT molecular complexity index is 898. The van der Waals surface area contributed by atoms with Gasteiger partial charge in [0, 0.05) is 24.7 Å². The Hall–Kier alpha value is -3.22. The van der Waals surface area contributed by atoms with Crippen molar-refractivity contribution in [3.05, 3.63) is 42.5 Å². The van der Waals surface area contributed by atoms with E-state index in [1.54, 1.807) is 23.1 Å². The van der Waals surface area contributed by atoms with Crippen LogP contribution < -0.4 is 24.4 Å². The smallest absolute Gasteiger partial charge is 0.229 e. The Morgan fingerprint density at radius 3 is 2.79 bits per heavy atom. The Balaban J connectivity index is 1.46. The van der Waals surface area contributed by atoms with Crippen LogP contribution >= 0.6 is 0 Å². The molecule has 2 aromatic carbocycles. The fourth-order valence-electron chi connectivity index (χ4n) is 3.44. The Kier molecular flexibility index (Phi) is 5.06. The highest BCUT2D eigenvalue weighted by atomic mass is 16.6. The molecule has 0 saturated carbocycles. The second-order valence-electron chi connectivity index (χ2n) is 6.65. The number of benzene rings is 2. The van der Waals surface area contributed by atoms with Crippen LogP contribution in [0.4, 0.5) is 11.4 Å². The average molecular weight is 382 g/mol. The first-order valence-electron chi connectivity index (χ1n) is 9.38. The van der Waals surface area contributed by atoms with Gasteiger partial charge in [-0.1, -0.05) is 12.1 Å². The lowest BCUT2D eigenvalue weighted by molar-refractivity contribution is -0.122. The van der Waals surface area contributed by atoms with Gasteiger partial charge < -0.3 is 24.4 Å². The molecule has 7 nitrogen and oxygen atoms in total. The van der Waals surface area contributed by atoms with Crippen molar-refractivity contribution in [3.63, 3.8) is 0 Å². The number of amides is 2. The zero-order valence-electron chi connectivity index (χ0n) is 15.6. The monoisotopic (exact) mass is 382 g/mol. The number of carbonyl (C=O) groups excluding carboxylic acids is 2. The third-order valence-corrected chi connectivity index (χ3v) is 4.76. The molecule has 0 aromatic heterocycles. The summed E-state index contributed by atoms with van der Waals surface area (Å²) in [5.74, 6) is 1.20. The maximum atomic E-state index is 12.7. The van der Waals surface area contributed by atoms with Gasteiger partial charge in [-0.3, -0.25) is 9.59 Å². The molecule has 1 atom stereocenters. The van der Waals surface area contributed by atoms with Crippen LogP contribution in [-0.2, 0) is 9.59 Å². The maximum absolute atomic E-state index is 12.7. The summed E-state index contributed by atoms with van der Waals surface area (Å²) in [5.41, 5.74) is 1.32. The average Bonchev–Trinajstić information content (AvgIpc) is 3.10. The Morgan fingerprint density at radius 1 is 1.18 bits per heavy atom. The van der Waals surface area contributed by atoms with Crippen LogP contribution in [0.2, 0.25) is 0 Å². The van der Waals surface area contributed by atoms with Crippen LogP contribution in [0.1, 0.15) is 13.3 Å². The van der Waals surface area contributed by atoms with Crippen molar-refractivity contribution >= 4 is 23.2 Å². The summed E-state index contributed by atoms with van der Waals surface area (Å²) in [6, 6.07) is 12.7. The highest BCUT2D eigenvalue weighted by molar-refractivity contribution is 6.04. The molecule has 0 radical (unpaired) electrons. The lowest BCUT2D eigenvalue weighted by atomic mass is 10.1. The normalized spacial score (nSPS) is 18.1. The molecule has 2 amide bonds. The third kappa shape index (κ3) is 3.60. The van der Waals surface area contributed by atoms with E-state index in [1.165, 1.54) is 0 Å². The molecule has 28 heavy (non-hydrogen) atoms. The minimum Gasteiger partial charge on any atom is -0.492 e. The summed E-state index contributed by atoms with van der Waals surface area (Å²) in [4.78, 5) is 26.9. The molecule has 2 aliphatic rings. The van der Waals surface area contributed by atoms with Crippen LogP contribution in [0, 0.1) is 5.92 Å². The molecule has 1 N–H and O–H groups in total. The second kappa shape index (κ2) is 7.80. The van der Waals surface area contributed by atoms with Gasteiger partial charge in [0.1, 0.15) is 19.0 Å². The van der Waals surface area contributed by atoms with Crippen LogP contribution in [0.25, 0.3) is 0 Å². The molecular formula is C21H22N2O5. The number of hydrogen-bond donors (Lipinski definition) is 1. The molecule has 2 aliphatic heterocycles. The van der Waals surface area contributed by atoms with Gasteiger partial charge in [-0.05, 0) is 31.2 Å². The number of nitrogens with zero attached hydrogens (tertiary/aromatic N) is 1. The maximum Gasteiger partial charge on any atom is 0.229 e. The lowest BCUT2D eigenvalue weighted by Gasteiger charge is -2.20. The molecular weight excluding hydrogens is 360 g/mol. The Labute approximate surface area is 163 Å². The number of carbonyl (C=O) groups is 2. The first-order chi connectivity index (χ1) is 13.7. The predicted molar refractivity (Wildman–Crippen MR) is 104 cm³/mol. The van der Waals surface area contributed by atoms with E-state index >= 15 is 0 Å². The van der Waals surface area contributed by atoms with Crippen molar-refractivity contribution in [2.75, 3.05) is 36.6 Å². The first-order valence-corrected chi connectivity index (χ1v) is 9.38. The predicted octanol–water partition coefficient (Wildman–Crippen LogP) is 2.85. The number of rotatable bonds is 5. The molecule has 2 heterocycles.